The van der Waals surface area contributed by atoms with Gasteiger partial charge in [0.25, 0.3) is 0 Å². The van der Waals surface area contributed by atoms with Crippen LogP contribution in [0.1, 0.15) is 41.0 Å². The molecule has 1 saturated heterocycles. The van der Waals surface area contributed by atoms with Crippen LogP contribution in [0.3, 0.4) is 0 Å². The zero-order valence-electron chi connectivity index (χ0n) is 18.6. The largest absolute Gasteiger partial charge is 0.491 e. The molecule has 0 aromatic heterocycles. The molecule has 2 atom stereocenters. The first-order valence-corrected chi connectivity index (χ1v) is 10.2. The van der Waals surface area contributed by atoms with Crippen molar-refractivity contribution in [3.8, 4) is 0 Å². The third kappa shape index (κ3) is 8.06. The van der Waals surface area contributed by atoms with E-state index in [1.54, 1.807) is 46.8 Å². The topological polar surface area (TPSA) is 117 Å². The third-order valence-corrected chi connectivity index (χ3v) is 5.32. The van der Waals surface area contributed by atoms with Gasteiger partial charge < -0.3 is 30.2 Å². The second-order valence-electron chi connectivity index (χ2n) is 8.19. The van der Waals surface area contributed by atoms with Crippen LogP contribution < -0.4 is 16.1 Å². The minimum Gasteiger partial charge on any atom is -0.466 e. The molecule has 8 nitrogen and oxygen atoms in total. The number of esters is 1. The van der Waals surface area contributed by atoms with Crippen molar-refractivity contribution in [2.45, 2.75) is 58.3 Å². The lowest BCUT2D eigenvalue weighted by Gasteiger charge is -2.38. The van der Waals surface area contributed by atoms with E-state index in [0.717, 1.165) is 13.0 Å². The maximum atomic E-state index is 11.5. The number of hydrogen-bond donors (Lipinski definition) is 4. The lowest BCUT2D eigenvalue weighted by atomic mass is 9.76. The van der Waals surface area contributed by atoms with E-state index in [2.05, 4.69) is 10.6 Å². The molecule has 1 amide bonds. The summed E-state index contributed by atoms with van der Waals surface area (Å²) in [4.78, 5) is 21.8. The second kappa shape index (κ2) is 12.0. The van der Waals surface area contributed by atoms with Gasteiger partial charge in [-0.3, -0.25) is 9.59 Å². The van der Waals surface area contributed by atoms with E-state index in [1.807, 2.05) is 18.2 Å². The molecule has 0 bridgehead atoms. The number of carbonyl (C=O) groups is 2. The van der Waals surface area contributed by atoms with Gasteiger partial charge in [-0.1, -0.05) is 30.3 Å². The Balaban J connectivity index is 0.000000303. The lowest BCUT2D eigenvalue weighted by molar-refractivity contribution is -0.149. The van der Waals surface area contributed by atoms with E-state index in [0.29, 0.717) is 25.0 Å². The molecule has 1 aromatic rings. The zero-order chi connectivity index (χ0) is 22.8. The van der Waals surface area contributed by atoms with E-state index in [1.165, 1.54) is 0 Å². The van der Waals surface area contributed by atoms with Crippen LogP contribution in [0.4, 0.5) is 0 Å². The average Bonchev–Trinajstić information content (AvgIpc) is 2.69. The van der Waals surface area contributed by atoms with Crippen LogP contribution in [-0.2, 0) is 19.0 Å². The van der Waals surface area contributed by atoms with Gasteiger partial charge in [-0.05, 0) is 53.0 Å². The molecule has 0 aliphatic carbocycles. The molecule has 1 aliphatic rings. The monoisotopic (exact) mass is 422 g/mol. The minimum atomic E-state index is -1.03. The molecule has 2 unspecified atom stereocenters. The summed E-state index contributed by atoms with van der Waals surface area (Å²) in [5.74, 6) is -0.493. The van der Waals surface area contributed by atoms with E-state index >= 15 is 0 Å². The smallest absolute Gasteiger partial charge is 0.466 e. The van der Waals surface area contributed by atoms with Gasteiger partial charge in [0.2, 0.25) is 6.41 Å². The Hall–Kier alpha value is -1.94. The molecule has 0 saturated carbocycles. The molecule has 9 heteroatoms. The summed E-state index contributed by atoms with van der Waals surface area (Å²) in [5.41, 5.74) is -1.18. The number of amides is 1. The molecule has 0 spiro atoms. The van der Waals surface area contributed by atoms with Crippen LogP contribution in [0.15, 0.2) is 30.3 Å². The van der Waals surface area contributed by atoms with Gasteiger partial charge in [0.05, 0.1) is 23.7 Å². The molecule has 30 heavy (non-hydrogen) atoms. The van der Waals surface area contributed by atoms with Gasteiger partial charge in [-0.25, -0.2) is 0 Å². The quantitative estimate of drug-likeness (QED) is 0.269. The highest BCUT2D eigenvalue weighted by molar-refractivity contribution is 6.60. The van der Waals surface area contributed by atoms with Crippen LogP contribution in [0.2, 0.25) is 0 Å². The van der Waals surface area contributed by atoms with Crippen molar-refractivity contribution in [3.63, 3.8) is 0 Å². The first-order valence-electron chi connectivity index (χ1n) is 10.2. The number of benzene rings is 1. The molecule has 1 heterocycles. The van der Waals surface area contributed by atoms with Gasteiger partial charge in [-0.15, -0.1) is 0 Å². The summed E-state index contributed by atoms with van der Waals surface area (Å²) in [6.45, 7) is 10.4. The Bertz CT molecular complexity index is 651. The summed E-state index contributed by atoms with van der Waals surface area (Å²) < 4.78 is 10.4. The number of carbonyl (C=O) groups excluding carboxylic acids is 2. The van der Waals surface area contributed by atoms with Crippen molar-refractivity contribution in [2.75, 3.05) is 19.7 Å². The van der Waals surface area contributed by atoms with Gasteiger partial charge in [0.15, 0.2) is 0 Å². The first-order chi connectivity index (χ1) is 14.0. The molecule has 1 aromatic carbocycles. The SMILES string of the molecule is CC(C)(O)C(C)(C)OB(O)c1ccccc1.CCOC(=O)C1CNCCC1NC=O. The Kier molecular flexibility index (Phi) is 10.5. The highest BCUT2D eigenvalue weighted by Gasteiger charge is 2.39. The van der Waals surface area contributed by atoms with E-state index in [-0.39, 0.29) is 17.9 Å². The van der Waals surface area contributed by atoms with Gasteiger partial charge in [0.1, 0.15) is 0 Å². The van der Waals surface area contributed by atoms with Crippen molar-refractivity contribution in [1.29, 1.82) is 0 Å². The summed E-state index contributed by atoms with van der Waals surface area (Å²) in [5, 5.41) is 25.5. The molecular formula is C21H35BN2O6. The van der Waals surface area contributed by atoms with E-state index in [4.69, 9.17) is 9.39 Å². The molecule has 1 aliphatic heterocycles. The number of piperidine rings is 1. The fourth-order valence-corrected chi connectivity index (χ4v) is 2.75. The van der Waals surface area contributed by atoms with Crippen LogP contribution in [0, 0.1) is 5.92 Å². The standard InChI is InChI=1S/C12H19BO3.C9H16N2O3/c1-11(2,14)12(3,4)16-13(15)10-8-6-5-7-9-10;1-2-14-9(13)7-5-10-4-3-8(7)11-6-12/h5-9,14-15H,1-4H3;6-8,10H,2-5H2,1H3,(H,11,12). The van der Waals surface area contributed by atoms with Crippen molar-refractivity contribution in [2.24, 2.45) is 5.92 Å². The van der Waals surface area contributed by atoms with Gasteiger partial charge in [-0.2, -0.15) is 0 Å². The first kappa shape index (κ1) is 26.1. The van der Waals surface area contributed by atoms with Gasteiger partial charge in [0, 0.05) is 12.6 Å². The van der Waals surface area contributed by atoms with E-state index < -0.39 is 18.3 Å². The highest BCUT2D eigenvalue weighted by Crippen LogP contribution is 2.25. The normalized spacial score (nSPS) is 19.2. The Morgan fingerprint density at radius 2 is 1.93 bits per heavy atom. The number of nitrogens with one attached hydrogen (secondary N) is 2. The summed E-state index contributed by atoms with van der Waals surface area (Å²) in [6, 6.07) is 9.01. The zero-order valence-corrected chi connectivity index (χ0v) is 18.6. The van der Waals surface area contributed by atoms with Crippen molar-refractivity contribution in [1.82, 2.24) is 10.6 Å². The Morgan fingerprint density at radius 1 is 1.30 bits per heavy atom. The van der Waals surface area contributed by atoms with Gasteiger partial charge >= 0.3 is 13.1 Å². The number of ether oxygens (including phenoxy) is 1. The number of aliphatic hydroxyl groups is 1. The Labute approximate surface area is 179 Å². The number of rotatable bonds is 8. The van der Waals surface area contributed by atoms with Crippen molar-refractivity contribution < 1.29 is 29.1 Å². The third-order valence-electron chi connectivity index (χ3n) is 5.32. The van der Waals surface area contributed by atoms with Crippen LogP contribution >= 0.6 is 0 Å². The molecule has 0 radical (unpaired) electrons. The molecule has 1 fully saturated rings. The van der Waals surface area contributed by atoms with Crippen molar-refractivity contribution in [3.05, 3.63) is 30.3 Å². The molecule has 4 N–H and O–H groups in total. The fourth-order valence-electron chi connectivity index (χ4n) is 2.75. The highest BCUT2D eigenvalue weighted by atomic mass is 16.5. The van der Waals surface area contributed by atoms with Crippen LogP contribution in [0.5, 0.6) is 0 Å². The van der Waals surface area contributed by atoms with Crippen molar-refractivity contribution >= 4 is 25.0 Å². The fraction of sp³-hybridized carbons (Fsp3) is 0.619. The van der Waals surface area contributed by atoms with Crippen LogP contribution in [0.25, 0.3) is 0 Å². The average molecular weight is 422 g/mol. The molecular weight excluding hydrogens is 387 g/mol. The van der Waals surface area contributed by atoms with Crippen LogP contribution in [-0.4, -0.2) is 66.6 Å². The predicted octanol–water partition coefficient (Wildman–Crippen LogP) is 0.214. The summed E-state index contributed by atoms with van der Waals surface area (Å²) in [7, 11) is -1.03. The maximum absolute atomic E-state index is 11.5. The lowest BCUT2D eigenvalue weighted by Crippen LogP contribution is -2.53. The Morgan fingerprint density at radius 3 is 2.47 bits per heavy atom. The predicted molar refractivity (Wildman–Crippen MR) is 116 cm³/mol. The summed E-state index contributed by atoms with van der Waals surface area (Å²) >= 11 is 0. The minimum absolute atomic E-state index is 0.0900. The molecule has 168 valence electrons. The van der Waals surface area contributed by atoms with E-state index in [9.17, 15) is 19.7 Å². The molecule has 2 rings (SSSR count). The number of hydrogen-bond acceptors (Lipinski definition) is 7. The second-order valence-corrected chi connectivity index (χ2v) is 8.19. The maximum Gasteiger partial charge on any atom is 0.491 e. The summed E-state index contributed by atoms with van der Waals surface area (Å²) in [6.07, 6.45) is 1.41.